The van der Waals surface area contributed by atoms with Crippen molar-refractivity contribution in [2.24, 2.45) is 13.0 Å². The first-order valence-electron chi connectivity index (χ1n) is 12.0. The number of hydrogen-bond acceptors (Lipinski definition) is 4. The fourth-order valence-corrected chi connectivity index (χ4v) is 5.39. The number of nitrogens with zero attached hydrogens (tertiary/aromatic N) is 4. The molecule has 0 bridgehead atoms. The standard InChI is InChI=1S/C27H29BrN4O3/c1-17-13-20(31(2)30-17)16-35-21-11-12-24-25(14-21)32(15-18-7-9-19(28)10-8-18)26(29-24)22-5-3-4-6-23(22)27(33)34/h7-14,22-23H,3-6,15-16H2,1-2H3,(H,33,34)/t22-,23+/m0/s1. The van der Waals surface area contributed by atoms with E-state index in [4.69, 9.17) is 9.72 Å². The first-order valence-corrected chi connectivity index (χ1v) is 12.8. The number of rotatable bonds is 7. The molecule has 2 aromatic carbocycles. The highest BCUT2D eigenvalue weighted by Gasteiger charge is 2.35. The highest BCUT2D eigenvalue weighted by Crippen LogP contribution is 2.39. The summed E-state index contributed by atoms with van der Waals surface area (Å²) >= 11 is 3.51. The van der Waals surface area contributed by atoms with Gasteiger partial charge < -0.3 is 14.4 Å². The SMILES string of the molecule is Cc1cc(COc2ccc3nc([C@H]4CCCC[C@H]4C(=O)O)n(Cc4ccc(Br)cc4)c3c2)n(C)n1. The average Bonchev–Trinajstić information content (AvgIpc) is 3.37. The molecule has 2 heterocycles. The molecule has 4 aromatic rings. The number of carbonyl (C=O) groups is 1. The molecular weight excluding hydrogens is 508 g/mol. The summed E-state index contributed by atoms with van der Waals surface area (Å²) < 4.78 is 11.2. The highest BCUT2D eigenvalue weighted by atomic mass is 79.9. The fourth-order valence-electron chi connectivity index (χ4n) is 5.12. The van der Waals surface area contributed by atoms with Crippen LogP contribution in [0.2, 0.25) is 0 Å². The van der Waals surface area contributed by atoms with E-state index in [9.17, 15) is 9.90 Å². The van der Waals surface area contributed by atoms with Crippen LogP contribution >= 0.6 is 15.9 Å². The second-order valence-electron chi connectivity index (χ2n) is 9.36. The van der Waals surface area contributed by atoms with Crippen LogP contribution in [0.5, 0.6) is 5.75 Å². The molecule has 0 unspecified atom stereocenters. The molecule has 1 aliphatic rings. The van der Waals surface area contributed by atoms with Crippen LogP contribution in [0, 0.1) is 12.8 Å². The smallest absolute Gasteiger partial charge is 0.307 e. The van der Waals surface area contributed by atoms with Crippen molar-refractivity contribution in [2.75, 3.05) is 0 Å². The number of hydrogen-bond donors (Lipinski definition) is 1. The van der Waals surface area contributed by atoms with Crippen molar-refractivity contribution < 1.29 is 14.6 Å². The summed E-state index contributed by atoms with van der Waals surface area (Å²) in [6.07, 6.45) is 3.50. The predicted molar refractivity (Wildman–Crippen MR) is 138 cm³/mol. The minimum atomic E-state index is -0.729. The van der Waals surface area contributed by atoms with Crippen LogP contribution in [-0.4, -0.2) is 30.4 Å². The van der Waals surface area contributed by atoms with E-state index in [0.717, 1.165) is 63.3 Å². The van der Waals surface area contributed by atoms with E-state index in [-0.39, 0.29) is 5.92 Å². The second-order valence-corrected chi connectivity index (χ2v) is 10.3. The predicted octanol–water partition coefficient (Wildman–Crippen LogP) is 5.83. The Morgan fingerprint density at radius 3 is 2.63 bits per heavy atom. The zero-order chi connectivity index (χ0) is 24.5. The summed E-state index contributed by atoms with van der Waals surface area (Å²) in [5.41, 5.74) is 4.90. The number of ether oxygens (including phenoxy) is 1. The maximum atomic E-state index is 12.1. The van der Waals surface area contributed by atoms with Crippen LogP contribution in [0.25, 0.3) is 11.0 Å². The molecule has 182 valence electrons. The van der Waals surface area contributed by atoms with E-state index in [1.807, 2.05) is 55.1 Å². The second kappa shape index (κ2) is 9.85. The monoisotopic (exact) mass is 536 g/mol. The van der Waals surface area contributed by atoms with Crippen LogP contribution in [0.15, 0.2) is 53.0 Å². The van der Waals surface area contributed by atoms with Gasteiger partial charge in [-0.2, -0.15) is 5.10 Å². The van der Waals surface area contributed by atoms with Gasteiger partial charge in [0.1, 0.15) is 18.2 Å². The van der Waals surface area contributed by atoms with Crippen molar-refractivity contribution >= 4 is 32.9 Å². The van der Waals surface area contributed by atoms with E-state index >= 15 is 0 Å². The van der Waals surface area contributed by atoms with E-state index < -0.39 is 11.9 Å². The molecule has 2 atom stereocenters. The van der Waals surface area contributed by atoms with Crippen molar-refractivity contribution in [3.05, 3.63) is 75.8 Å². The maximum Gasteiger partial charge on any atom is 0.307 e. The zero-order valence-electron chi connectivity index (χ0n) is 19.9. The van der Waals surface area contributed by atoms with Gasteiger partial charge in [-0.25, -0.2) is 4.98 Å². The molecule has 0 saturated heterocycles. The van der Waals surface area contributed by atoms with Crippen LogP contribution in [0.4, 0.5) is 0 Å². The lowest BCUT2D eigenvalue weighted by Crippen LogP contribution is -2.27. The number of carboxylic acid groups (broad SMARTS) is 1. The van der Waals surface area contributed by atoms with Crippen LogP contribution in [0.3, 0.4) is 0 Å². The molecule has 1 saturated carbocycles. The molecule has 8 heteroatoms. The molecule has 1 N–H and O–H groups in total. The van der Waals surface area contributed by atoms with Crippen molar-refractivity contribution in [3.8, 4) is 5.75 Å². The molecule has 0 amide bonds. The number of aliphatic carboxylic acids is 1. The summed E-state index contributed by atoms with van der Waals surface area (Å²) in [5, 5.41) is 14.3. The highest BCUT2D eigenvalue weighted by molar-refractivity contribution is 9.10. The van der Waals surface area contributed by atoms with Gasteiger partial charge in [0.05, 0.1) is 28.3 Å². The largest absolute Gasteiger partial charge is 0.487 e. The van der Waals surface area contributed by atoms with E-state index in [1.165, 1.54) is 0 Å². The minimum absolute atomic E-state index is 0.106. The van der Waals surface area contributed by atoms with Gasteiger partial charge in [-0.1, -0.05) is 40.9 Å². The van der Waals surface area contributed by atoms with E-state index in [1.54, 1.807) is 0 Å². The summed E-state index contributed by atoms with van der Waals surface area (Å²) in [7, 11) is 1.91. The summed E-state index contributed by atoms with van der Waals surface area (Å²) in [6, 6.07) is 16.2. The number of imidazole rings is 1. The normalized spacial score (nSPS) is 18.1. The molecule has 0 radical (unpaired) electrons. The van der Waals surface area contributed by atoms with Gasteiger partial charge in [-0.15, -0.1) is 0 Å². The lowest BCUT2D eigenvalue weighted by Gasteiger charge is -2.28. The third kappa shape index (κ3) is 4.98. The number of benzene rings is 2. The third-order valence-corrected chi connectivity index (χ3v) is 7.43. The molecule has 1 aliphatic carbocycles. The summed E-state index contributed by atoms with van der Waals surface area (Å²) in [5.74, 6) is 0.360. The van der Waals surface area contributed by atoms with Gasteiger partial charge in [0.2, 0.25) is 0 Å². The zero-order valence-corrected chi connectivity index (χ0v) is 21.5. The summed E-state index contributed by atoms with van der Waals surface area (Å²) in [4.78, 5) is 17.1. The fraction of sp³-hybridized carbons (Fsp3) is 0.370. The van der Waals surface area contributed by atoms with Crippen LogP contribution < -0.4 is 4.74 Å². The lowest BCUT2D eigenvalue weighted by atomic mass is 9.78. The number of halogens is 1. The first-order chi connectivity index (χ1) is 16.9. The number of fused-ring (bicyclic) bond motifs is 1. The van der Waals surface area contributed by atoms with Gasteiger partial charge >= 0.3 is 5.97 Å². The Hall–Kier alpha value is -3.13. The van der Waals surface area contributed by atoms with Gasteiger partial charge in [-0.05, 0) is 55.7 Å². The number of aromatic nitrogens is 4. The first kappa shape index (κ1) is 23.6. The van der Waals surface area contributed by atoms with Gasteiger partial charge in [-0.3, -0.25) is 9.48 Å². The van der Waals surface area contributed by atoms with E-state index in [0.29, 0.717) is 19.6 Å². The Morgan fingerprint density at radius 2 is 1.91 bits per heavy atom. The van der Waals surface area contributed by atoms with E-state index in [2.05, 4.69) is 37.7 Å². The van der Waals surface area contributed by atoms with Gasteiger partial charge in [0, 0.05) is 30.0 Å². The molecule has 2 aromatic heterocycles. The Kier molecular flexibility index (Phi) is 6.65. The quantitative estimate of drug-likeness (QED) is 0.321. The topological polar surface area (TPSA) is 82.2 Å². The summed E-state index contributed by atoms with van der Waals surface area (Å²) in [6.45, 7) is 3.00. The minimum Gasteiger partial charge on any atom is -0.487 e. The van der Waals surface area contributed by atoms with Crippen LogP contribution in [-0.2, 0) is 25.0 Å². The van der Waals surface area contributed by atoms with Crippen molar-refractivity contribution in [1.82, 2.24) is 19.3 Å². The molecule has 35 heavy (non-hydrogen) atoms. The van der Waals surface area contributed by atoms with Crippen LogP contribution in [0.1, 0.15) is 54.4 Å². The number of carboxylic acids is 1. The van der Waals surface area contributed by atoms with Crippen molar-refractivity contribution in [3.63, 3.8) is 0 Å². The Balaban J connectivity index is 1.54. The molecular formula is C27H29BrN4O3. The number of aryl methyl sites for hydroxylation is 2. The van der Waals surface area contributed by atoms with Gasteiger partial charge in [0.15, 0.2) is 0 Å². The Labute approximate surface area is 212 Å². The lowest BCUT2D eigenvalue weighted by molar-refractivity contribution is -0.143. The average molecular weight is 537 g/mol. The molecule has 1 fully saturated rings. The maximum absolute atomic E-state index is 12.1. The van der Waals surface area contributed by atoms with Crippen molar-refractivity contribution in [1.29, 1.82) is 0 Å². The molecule has 5 rings (SSSR count). The third-order valence-electron chi connectivity index (χ3n) is 6.90. The van der Waals surface area contributed by atoms with Gasteiger partial charge in [0.25, 0.3) is 0 Å². The molecule has 0 aliphatic heterocycles. The van der Waals surface area contributed by atoms with Crippen molar-refractivity contribution in [2.45, 2.75) is 51.7 Å². The Morgan fingerprint density at radius 1 is 1.14 bits per heavy atom. The molecule has 0 spiro atoms. The Bertz CT molecular complexity index is 1360. The molecule has 7 nitrogen and oxygen atoms in total.